The standard InChI is InChI=1S/C38H46N4O8S/c1-5-25-19-38(25,36(46)41-51(47,48)27-10-11-27)20-32(43)31-17-26-22-42(31)35(45)30(37(2,3)4)18-33(44)49-14-8-6-7-9-23-15-24(21-39)28-12-13-40-34(50-26)29(28)16-23/h5,12-13,15-16,25-27,30-31H,1,6-11,14,17-20,22H2,2-4H3,(H,41,46)/t25-,26+,30+,31-,38+/m0/s1. The normalized spacial score (nSPS) is 27.5. The molecule has 13 heteroatoms. The Bertz CT molecular complexity index is 1910. The van der Waals surface area contributed by atoms with E-state index in [1.807, 2.05) is 32.9 Å². The van der Waals surface area contributed by atoms with Gasteiger partial charge in [0, 0.05) is 29.8 Å². The second-order valence-electron chi connectivity index (χ2n) is 15.6. The number of hydrogen-bond acceptors (Lipinski definition) is 10. The van der Waals surface area contributed by atoms with E-state index in [1.165, 1.54) is 4.90 Å². The van der Waals surface area contributed by atoms with E-state index >= 15 is 0 Å². The number of hydrogen-bond donors (Lipinski definition) is 1. The minimum atomic E-state index is -3.85. The zero-order chi connectivity index (χ0) is 36.7. The number of nitriles is 1. The smallest absolute Gasteiger partial charge is 0.306 e. The van der Waals surface area contributed by atoms with Crippen LogP contribution in [-0.4, -0.2) is 72.4 Å². The van der Waals surface area contributed by atoms with Crippen LogP contribution in [0.1, 0.15) is 89.7 Å². The first-order valence-electron chi connectivity index (χ1n) is 17.8. The molecule has 1 saturated heterocycles. The fourth-order valence-electron chi connectivity index (χ4n) is 7.53. The van der Waals surface area contributed by atoms with Crippen LogP contribution >= 0.6 is 0 Å². The topological polar surface area (TPSA) is 173 Å². The lowest BCUT2D eigenvalue weighted by Crippen LogP contribution is -2.48. The molecule has 2 saturated carbocycles. The highest BCUT2D eigenvalue weighted by atomic mass is 32.2. The number of aryl methyl sites for hydroxylation is 1. The lowest BCUT2D eigenvalue weighted by molar-refractivity contribution is -0.153. The highest BCUT2D eigenvalue weighted by Crippen LogP contribution is 2.57. The van der Waals surface area contributed by atoms with E-state index in [1.54, 1.807) is 18.3 Å². The molecule has 12 nitrogen and oxygen atoms in total. The first-order chi connectivity index (χ1) is 24.2. The van der Waals surface area contributed by atoms with Crippen molar-refractivity contribution in [1.29, 1.82) is 5.26 Å². The van der Waals surface area contributed by atoms with Crippen LogP contribution < -0.4 is 9.46 Å². The molecule has 1 aromatic carbocycles. The van der Waals surface area contributed by atoms with Gasteiger partial charge in [-0.15, -0.1) is 6.58 Å². The van der Waals surface area contributed by atoms with E-state index in [2.05, 4.69) is 22.4 Å². The molecule has 4 bridgehead atoms. The van der Waals surface area contributed by atoms with Crippen LogP contribution in [0.15, 0.2) is 37.1 Å². The molecular formula is C38H46N4O8S. The molecule has 2 aliphatic heterocycles. The molecule has 5 atom stereocenters. The Morgan fingerprint density at radius 1 is 1.18 bits per heavy atom. The first-order valence-corrected chi connectivity index (χ1v) is 19.4. The van der Waals surface area contributed by atoms with Crippen LogP contribution in [0.4, 0.5) is 0 Å². The average molecular weight is 719 g/mol. The number of fused-ring (bicyclic) bond motifs is 3. The second kappa shape index (κ2) is 14.0. The van der Waals surface area contributed by atoms with Gasteiger partial charge in [0.15, 0.2) is 5.78 Å². The fourth-order valence-corrected chi connectivity index (χ4v) is 8.92. The summed E-state index contributed by atoms with van der Waals surface area (Å²) in [4.78, 5) is 61.4. The number of amides is 2. The number of carbonyl (C=O) groups is 4. The Hall–Kier alpha value is -4.31. The van der Waals surface area contributed by atoms with Crippen LogP contribution in [0.3, 0.4) is 0 Å². The highest BCUT2D eigenvalue weighted by molar-refractivity contribution is 7.90. The van der Waals surface area contributed by atoms with Crippen molar-refractivity contribution in [2.75, 3.05) is 13.2 Å². The van der Waals surface area contributed by atoms with Gasteiger partial charge in [-0.05, 0) is 80.0 Å². The Morgan fingerprint density at radius 2 is 1.94 bits per heavy atom. The summed E-state index contributed by atoms with van der Waals surface area (Å²) in [7, 11) is -3.85. The number of allylic oxidation sites excluding steroid dienone is 1. The molecule has 0 radical (unpaired) electrons. The average Bonchev–Trinajstić information content (AvgIpc) is 4.00. The van der Waals surface area contributed by atoms with E-state index in [0.29, 0.717) is 42.0 Å². The van der Waals surface area contributed by atoms with Gasteiger partial charge in [-0.2, -0.15) is 5.26 Å². The van der Waals surface area contributed by atoms with Gasteiger partial charge in [0.25, 0.3) is 0 Å². The number of pyridine rings is 1. The van der Waals surface area contributed by atoms with Crippen molar-refractivity contribution in [1.82, 2.24) is 14.6 Å². The maximum absolute atomic E-state index is 14.5. The summed E-state index contributed by atoms with van der Waals surface area (Å²) < 4.78 is 39.7. The molecule has 4 aliphatic rings. The van der Waals surface area contributed by atoms with Crippen molar-refractivity contribution in [2.24, 2.45) is 22.7 Å². The monoisotopic (exact) mass is 718 g/mol. The quantitative estimate of drug-likeness (QED) is 0.317. The number of ether oxygens (including phenoxy) is 2. The van der Waals surface area contributed by atoms with Crippen molar-refractivity contribution in [3.63, 3.8) is 0 Å². The minimum Gasteiger partial charge on any atom is -0.472 e. The van der Waals surface area contributed by atoms with Crippen LogP contribution in [0, 0.1) is 34.0 Å². The maximum Gasteiger partial charge on any atom is 0.306 e. The lowest BCUT2D eigenvalue weighted by atomic mass is 9.77. The van der Waals surface area contributed by atoms with Gasteiger partial charge >= 0.3 is 5.97 Å². The molecule has 1 aromatic heterocycles. The molecular weight excluding hydrogens is 673 g/mol. The van der Waals surface area contributed by atoms with Crippen molar-refractivity contribution in [2.45, 2.75) is 102 Å². The number of cyclic esters (lactones) is 1. The summed E-state index contributed by atoms with van der Waals surface area (Å²) in [5.74, 6) is -2.99. The zero-order valence-electron chi connectivity index (χ0n) is 29.5. The third-order valence-corrected chi connectivity index (χ3v) is 12.7. The third-order valence-electron chi connectivity index (χ3n) is 10.9. The van der Waals surface area contributed by atoms with E-state index < -0.39 is 73.7 Å². The number of rotatable bonds is 7. The van der Waals surface area contributed by atoms with Gasteiger partial charge in [0.1, 0.15) is 6.10 Å². The van der Waals surface area contributed by atoms with Crippen LogP contribution in [0.2, 0.25) is 0 Å². The number of nitrogens with zero attached hydrogens (tertiary/aromatic N) is 3. The summed E-state index contributed by atoms with van der Waals surface area (Å²) in [6.45, 7) is 9.61. The van der Waals surface area contributed by atoms with Crippen LogP contribution in [0.5, 0.6) is 5.88 Å². The van der Waals surface area contributed by atoms with E-state index in [9.17, 15) is 32.9 Å². The van der Waals surface area contributed by atoms with Crippen molar-refractivity contribution < 1.29 is 37.1 Å². The van der Waals surface area contributed by atoms with Crippen LogP contribution in [-0.2, 0) is 40.4 Å². The number of sulfonamides is 1. The van der Waals surface area contributed by atoms with E-state index in [0.717, 1.165) is 18.4 Å². The summed E-state index contributed by atoms with van der Waals surface area (Å²) in [5, 5.41) is 10.7. The number of aromatic nitrogens is 1. The second-order valence-corrected chi connectivity index (χ2v) is 17.6. The summed E-state index contributed by atoms with van der Waals surface area (Å²) in [6.07, 6.45) is 6.24. The molecule has 51 heavy (non-hydrogen) atoms. The Balaban J connectivity index is 1.35. The van der Waals surface area contributed by atoms with Gasteiger partial charge < -0.3 is 14.4 Å². The van der Waals surface area contributed by atoms with Crippen LogP contribution in [0.25, 0.3) is 10.8 Å². The van der Waals surface area contributed by atoms with Crippen molar-refractivity contribution in [3.8, 4) is 11.9 Å². The molecule has 272 valence electrons. The Labute approximate surface area is 299 Å². The Morgan fingerprint density at radius 3 is 2.61 bits per heavy atom. The van der Waals surface area contributed by atoms with Gasteiger partial charge in [-0.3, -0.25) is 23.9 Å². The summed E-state index contributed by atoms with van der Waals surface area (Å²) >= 11 is 0. The van der Waals surface area contributed by atoms with E-state index in [4.69, 9.17) is 9.47 Å². The molecule has 2 amide bonds. The number of esters is 1. The predicted octanol–water partition coefficient (Wildman–Crippen LogP) is 4.54. The third kappa shape index (κ3) is 7.66. The zero-order valence-corrected chi connectivity index (χ0v) is 30.3. The van der Waals surface area contributed by atoms with Crippen molar-refractivity contribution >= 4 is 44.4 Å². The summed E-state index contributed by atoms with van der Waals surface area (Å²) in [5.41, 5.74) is -0.549. The van der Waals surface area contributed by atoms with Gasteiger partial charge in [0.05, 0.1) is 53.8 Å². The number of benzene rings is 1. The van der Waals surface area contributed by atoms with Gasteiger partial charge in [-0.25, -0.2) is 13.4 Å². The first kappa shape index (κ1) is 36.5. The van der Waals surface area contributed by atoms with Gasteiger partial charge in [-0.1, -0.05) is 26.8 Å². The lowest BCUT2D eigenvalue weighted by Gasteiger charge is -2.34. The molecule has 3 heterocycles. The van der Waals surface area contributed by atoms with Gasteiger partial charge in [0.2, 0.25) is 27.7 Å². The number of ketones is 1. The molecule has 2 aliphatic carbocycles. The SMILES string of the molecule is C=C[C@H]1C[C@]1(CC(=O)[C@@H]1C[C@@H]2CN1C(=O)[C@H](C(C)(C)C)CC(=O)OCCCCCc1cc(C#N)c3ccnc(c3c1)O2)C(=O)NS(=O)(=O)C1CC1. The molecule has 0 spiro atoms. The highest BCUT2D eigenvalue weighted by Gasteiger charge is 2.61. The van der Waals surface area contributed by atoms with Crippen molar-refractivity contribution in [3.05, 3.63) is 48.2 Å². The predicted molar refractivity (Wildman–Crippen MR) is 188 cm³/mol. The minimum absolute atomic E-state index is 0.0138. The Kier molecular flexibility index (Phi) is 10.0. The maximum atomic E-state index is 14.5. The largest absolute Gasteiger partial charge is 0.472 e. The molecule has 0 unspecified atom stereocenters. The number of Topliss-reactive ketones (excluding diaryl/α,β-unsaturated/α-hetero) is 1. The number of nitrogens with one attached hydrogen (secondary N) is 1. The molecule has 3 fully saturated rings. The summed E-state index contributed by atoms with van der Waals surface area (Å²) in [6, 6.07) is 6.84. The number of carbonyl (C=O) groups excluding carboxylic acids is 4. The molecule has 1 N–H and O–H groups in total. The fraction of sp³-hybridized carbons (Fsp3) is 0.579. The molecule has 2 aromatic rings. The molecule has 6 rings (SSSR count). The van der Waals surface area contributed by atoms with E-state index in [-0.39, 0.29) is 44.7 Å².